The van der Waals surface area contributed by atoms with E-state index in [-0.39, 0.29) is 5.91 Å². The molecule has 66 valence electrons. The molecule has 0 fully saturated rings. The Balaban J connectivity index is 2.65. The van der Waals surface area contributed by atoms with Gasteiger partial charge in [-0.2, -0.15) is 0 Å². The van der Waals surface area contributed by atoms with Gasteiger partial charge in [0.05, 0.1) is 4.88 Å². The predicted octanol–water partition coefficient (Wildman–Crippen LogP) is 1.24. The van der Waals surface area contributed by atoms with Crippen LogP contribution in [0.15, 0.2) is 16.3 Å². The molecule has 5 heteroatoms. The van der Waals surface area contributed by atoms with E-state index in [4.69, 9.17) is 0 Å². The molecule has 1 rings (SSSR count). The van der Waals surface area contributed by atoms with E-state index >= 15 is 0 Å². The highest BCUT2D eigenvalue weighted by molar-refractivity contribution is 7.80. The number of nitrogens with zero attached hydrogens (tertiary/aromatic N) is 1. The molecule has 3 nitrogen and oxygen atoms in total. The first-order valence-electron chi connectivity index (χ1n) is 3.35. The lowest BCUT2D eigenvalue weighted by Gasteiger charge is -2.09. The van der Waals surface area contributed by atoms with Crippen molar-refractivity contribution in [1.82, 2.24) is 10.4 Å². The maximum Gasteiger partial charge on any atom is 0.275 e. The first-order valence-corrected chi connectivity index (χ1v) is 4.68. The number of carbonyl (C=O) groups excluding carboxylic acids is 1. The Kier molecular flexibility index (Phi) is 3.13. The van der Waals surface area contributed by atoms with Gasteiger partial charge in [0.1, 0.15) is 0 Å². The van der Waals surface area contributed by atoms with Gasteiger partial charge in [0.2, 0.25) is 0 Å². The first-order chi connectivity index (χ1) is 5.59. The van der Waals surface area contributed by atoms with Crippen molar-refractivity contribution in [2.75, 3.05) is 14.1 Å². The summed E-state index contributed by atoms with van der Waals surface area (Å²) in [4.78, 5) is 12.8. The third-order valence-electron chi connectivity index (χ3n) is 1.13. The summed E-state index contributed by atoms with van der Waals surface area (Å²) in [5.41, 5.74) is 2.64. The second-order valence-electron chi connectivity index (χ2n) is 2.50. The zero-order chi connectivity index (χ0) is 9.14. The zero-order valence-electron chi connectivity index (χ0n) is 6.87. The highest BCUT2D eigenvalue weighted by Gasteiger charge is 2.07. The summed E-state index contributed by atoms with van der Waals surface area (Å²) in [6.45, 7) is 0. The molecular formula is C7H10N2OS2. The smallest absolute Gasteiger partial charge is 0.275 e. The normalized spacial score (nSPS) is 10.3. The minimum Gasteiger partial charge on any atom is -0.285 e. The monoisotopic (exact) mass is 202 g/mol. The van der Waals surface area contributed by atoms with Crippen molar-refractivity contribution >= 4 is 29.9 Å². The minimum atomic E-state index is -0.0923. The Labute approximate surface area is 80.8 Å². The van der Waals surface area contributed by atoms with Crippen LogP contribution in [-0.2, 0) is 0 Å². The molecule has 0 aliphatic heterocycles. The van der Waals surface area contributed by atoms with Gasteiger partial charge in [0.15, 0.2) is 0 Å². The van der Waals surface area contributed by atoms with Gasteiger partial charge in [0.25, 0.3) is 5.91 Å². The van der Waals surface area contributed by atoms with Crippen LogP contribution in [-0.4, -0.2) is 25.0 Å². The van der Waals surface area contributed by atoms with Crippen molar-refractivity contribution in [2.24, 2.45) is 0 Å². The van der Waals surface area contributed by atoms with Gasteiger partial charge >= 0.3 is 0 Å². The molecule has 1 heterocycles. The minimum absolute atomic E-state index is 0.0923. The van der Waals surface area contributed by atoms with Crippen LogP contribution < -0.4 is 5.43 Å². The van der Waals surface area contributed by atoms with Crippen LogP contribution in [0.25, 0.3) is 0 Å². The van der Waals surface area contributed by atoms with Crippen LogP contribution in [0.5, 0.6) is 0 Å². The lowest BCUT2D eigenvalue weighted by molar-refractivity contribution is 0.0861. The van der Waals surface area contributed by atoms with Crippen LogP contribution in [0.1, 0.15) is 9.67 Å². The Morgan fingerprint density at radius 1 is 1.67 bits per heavy atom. The van der Waals surface area contributed by atoms with Crippen LogP contribution in [0.2, 0.25) is 0 Å². The lowest BCUT2D eigenvalue weighted by atomic mass is 10.4. The van der Waals surface area contributed by atoms with Crippen molar-refractivity contribution in [1.29, 1.82) is 0 Å². The topological polar surface area (TPSA) is 32.3 Å². The molecule has 1 amide bonds. The fraction of sp³-hybridized carbons (Fsp3) is 0.286. The fourth-order valence-electron chi connectivity index (χ4n) is 0.703. The molecule has 1 aromatic heterocycles. The van der Waals surface area contributed by atoms with Gasteiger partial charge in [-0.3, -0.25) is 10.2 Å². The quantitative estimate of drug-likeness (QED) is 0.559. The van der Waals surface area contributed by atoms with E-state index in [1.165, 1.54) is 11.3 Å². The molecule has 12 heavy (non-hydrogen) atoms. The number of nitrogens with one attached hydrogen (secondary N) is 1. The Hall–Kier alpha value is -0.520. The van der Waals surface area contributed by atoms with E-state index in [0.29, 0.717) is 4.88 Å². The van der Waals surface area contributed by atoms with E-state index in [1.54, 1.807) is 25.2 Å². The molecule has 0 radical (unpaired) electrons. The van der Waals surface area contributed by atoms with Gasteiger partial charge in [-0.1, -0.05) is 0 Å². The average molecular weight is 202 g/mol. The number of hydrogen-bond donors (Lipinski definition) is 2. The number of rotatable bonds is 2. The van der Waals surface area contributed by atoms with E-state index in [1.807, 2.05) is 5.38 Å². The van der Waals surface area contributed by atoms with Crippen molar-refractivity contribution in [3.63, 3.8) is 0 Å². The molecular weight excluding hydrogens is 192 g/mol. The van der Waals surface area contributed by atoms with Crippen molar-refractivity contribution in [3.8, 4) is 0 Å². The summed E-state index contributed by atoms with van der Waals surface area (Å²) < 4.78 is 0. The Bertz CT molecular complexity index is 283. The summed E-state index contributed by atoms with van der Waals surface area (Å²) >= 11 is 5.49. The van der Waals surface area contributed by atoms with Gasteiger partial charge in [-0.25, -0.2) is 5.01 Å². The molecule has 0 saturated heterocycles. The molecule has 1 N–H and O–H groups in total. The summed E-state index contributed by atoms with van der Waals surface area (Å²) in [5, 5.41) is 3.44. The van der Waals surface area contributed by atoms with E-state index in [9.17, 15) is 4.79 Å². The van der Waals surface area contributed by atoms with Crippen LogP contribution in [0, 0.1) is 0 Å². The van der Waals surface area contributed by atoms with Crippen molar-refractivity contribution in [3.05, 3.63) is 16.3 Å². The summed E-state index contributed by atoms with van der Waals surface area (Å²) in [5.74, 6) is -0.0923. The van der Waals surface area contributed by atoms with Crippen LogP contribution in [0.4, 0.5) is 0 Å². The SMILES string of the molecule is CN(C)NC(=O)c1cc(S)cs1. The third kappa shape index (κ3) is 2.51. The summed E-state index contributed by atoms with van der Waals surface area (Å²) in [6, 6.07) is 1.74. The molecule has 0 aliphatic rings. The maximum absolute atomic E-state index is 11.3. The molecule has 0 bridgehead atoms. The number of hydrazine groups is 1. The zero-order valence-corrected chi connectivity index (χ0v) is 8.58. The second-order valence-corrected chi connectivity index (χ2v) is 3.93. The highest BCUT2D eigenvalue weighted by atomic mass is 32.1. The summed E-state index contributed by atoms with van der Waals surface area (Å²) in [6.07, 6.45) is 0. The Morgan fingerprint density at radius 2 is 2.33 bits per heavy atom. The molecule has 0 atom stereocenters. The molecule has 0 aliphatic carbocycles. The number of thiophene rings is 1. The Morgan fingerprint density at radius 3 is 2.75 bits per heavy atom. The van der Waals surface area contributed by atoms with Crippen LogP contribution in [0.3, 0.4) is 0 Å². The number of amides is 1. The molecule has 0 unspecified atom stereocenters. The molecule has 0 saturated carbocycles. The maximum atomic E-state index is 11.3. The van der Waals surface area contributed by atoms with Gasteiger partial charge in [-0.15, -0.1) is 24.0 Å². The molecule has 0 spiro atoms. The third-order valence-corrected chi connectivity index (χ3v) is 2.50. The first kappa shape index (κ1) is 9.57. The number of thiol groups is 1. The lowest BCUT2D eigenvalue weighted by Crippen LogP contribution is -2.35. The average Bonchev–Trinajstić information content (AvgIpc) is 2.34. The largest absolute Gasteiger partial charge is 0.285 e. The second kappa shape index (κ2) is 3.93. The van der Waals surface area contributed by atoms with E-state index in [2.05, 4.69) is 18.1 Å². The van der Waals surface area contributed by atoms with Gasteiger partial charge < -0.3 is 0 Å². The van der Waals surface area contributed by atoms with Gasteiger partial charge in [0, 0.05) is 24.4 Å². The standard InChI is InChI=1S/C7H10N2OS2/c1-9(2)8-7(10)6-3-5(11)4-12-6/h3-4,11H,1-2H3,(H,8,10). The fourth-order valence-corrected chi connectivity index (χ4v) is 1.74. The highest BCUT2D eigenvalue weighted by Crippen LogP contribution is 2.17. The van der Waals surface area contributed by atoms with Crippen LogP contribution >= 0.6 is 24.0 Å². The van der Waals surface area contributed by atoms with Crippen molar-refractivity contribution < 1.29 is 4.79 Å². The summed E-state index contributed by atoms with van der Waals surface area (Å²) in [7, 11) is 3.54. The van der Waals surface area contributed by atoms with E-state index in [0.717, 1.165) is 4.90 Å². The van der Waals surface area contributed by atoms with E-state index < -0.39 is 0 Å². The van der Waals surface area contributed by atoms with Gasteiger partial charge in [-0.05, 0) is 6.07 Å². The predicted molar refractivity (Wildman–Crippen MR) is 52.7 cm³/mol. The molecule has 0 aromatic carbocycles. The molecule has 1 aromatic rings. The number of hydrogen-bond acceptors (Lipinski definition) is 4. The number of carbonyl (C=O) groups is 1. The van der Waals surface area contributed by atoms with Crippen molar-refractivity contribution in [2.45, 2.75) is 4.90 Å².